The van der Waals surface area contributed by atoms with E-state index in [0.717, 1.165) is 0 Å². The van der Waals surface area contributed by atoms with Crippen LogP contribution in [0, 0.1) is 0 Å². The van der Waals surface area contributed by atoms with Crippen molar-refractivity contribution in [1.29, 1.82) is 0 Å². The van der Waals surface area contributed by atoms with Crippen LogP contribution < -0.4 is 10.6 Å². The largest absolute Gasteiger partial charge is 0.0804 e. The van der Waals surface area contributed by atoms with Crippen molar-refractivity contribution in [3.8, 4) is 33.4 Å². The molecule has 8 aromatic rings. The summed E-state index contributed by atoms with van der Waals surface area (Å²) in [5, 5.41) is 8.09. The molecule has 0 spiro atoms. The minimum atomic E-state index is -0.446. The summed E-state index contributed by atoms with van der Waals surface area (Å²) in [7, 11) is -0.446. The van der Waals surface area contributed by atoms with Crippen molar-refractivity contribution in [2.24, 2.45) is 0 Å². The van der Waals surface area contributed by atoms with Crippen LogP contribution in [0.4, 0.5) is 0 Å². The molecule has 9 rings (SSSR count). The Hall–Kier alpha value is -5.55. The molecule has 0 bridgehead atoms. The van der Waals surface area contributed by atoms with Gasteiger partial charge in [0.2, 0.25) is 0 Å². The first-order valence-electron chi connectivity index (χ1n) is 18.1. The third-order valence-corrected chi connectivity index (χ3v) is 13.4. The third-order valence-electron chi connectivity index (χ3n) is 10.6. The second kappa shape index (κ2) is 14.0. The van der Waals surface area contributed by atoms with E-state index in [1.807, 2.05) is 0 Å². The fourth-order valence-corrected chi connectivity index (χ4v) is 10.8. The van der Waals surface area contributed by atoms with Crippen LogP contribution in [0.3, 0.4) is 0 Å². The maximum Gasteiger partial charge on any atom is 0.00512 e. The van der Waals surface area contributed by atoms with E-state index < -0.39 is 7.92 Å². The van der Waals surface area contributed by atoms with Gasteiger partial charge in [0, 0.05) is 11.6 Å². The zero-order valence-electron chi connectivity index (χ0n) is 28.6. The van der Waals surface area contributed by atoms with Gasteiger partial charge in [0.05, 0.1) is 0 Å². The summed E-state index contributed by atoms with van der Waals surface area (Å²) in [6, 6.07) is 69.4. The number of allylic oxidation sites excluding steroid dienone is 2. The highest BCUT2D eigenvalue weighted by atomic mass is 31.1. The maximum atomic E-state index is 2.53. The van der Waals surface area contributed by atoms with Crippen molar-refractivity contribution < 1.29 is 0 Å². The molecule has 0 N–H and O–H groups in total. The summed E-state index contributed by atoms with van der Waals surface area (Å²) in [5.74, 6) is 0.438. The zero-order valence-corrected chi connectivity index (χ0v) is 29.5. The number of rotatable bonds is 7. The van der Waals surface area contributed by atoms with Crippen molar-refractivity contribution in [2.75, 3.05) is 0 Å². The highest BCUT2D eigenvalue weighted by Crippen LogP contribution is 2.47. The normalized spacial score (nSPS) is 15.8. The Morgan fingerprint density at radius 3 is 1.18 bits per heavy atom. The SMILES string of the molecule is C1=CC(P(c2ccccc2)c2ccccc2)CCC1c1ccc(-c2c3ccccc3c(-c3ccc(-c4ccccc4)cc3)c3ccccc23)cc1. The molecule has 0 aromatic heterocycles. The van der Waals surface area contributed by atoms with E-state index in [2.05, 4.69) is 200 Å². The lowest BCUT2D eigenvalue weighted by molar-refractivity contribution is 0.660. The average Bonchev–Trinajstić information content (AvgIpc) is 3.22. The van der Waals surface area contributed by atoms with Gasteiger partial charge in [-0.25, -0.2) is 0 Å². The summed E-state index contributed by atoms with van der Waals surface area (Å²) >= 11 is 0. The van der Waals surface area contributed by atoms with Crippen LogP contribution in [0.25, 0.3) is 54.9 Å². The van der Waals surface area contributed by atoms with Crippen LogP contribution in [-0.4, -0.2) is 5.66 Å². The van der Waals surface area contributed by atoms with Crippen LogP contribution in [0.5, 0.6) is 0 Å². The highest BCUT2D eigenvalue weighted by Gasteiger charge is 2.27. The molecule has 1 heteroatoms. The number of hydrogen-bond acceptors (Lipinski definition) is 0. The van der Waals surface area contributed by atoms with Crippen LogP contribution in [0.15, 0.2) is 200 Å². The second-order valence-electron chi connectivity index (χ2n) is 13.6. The monoisotopic (exact) mass is 670 g/mol. The predicted octanol–water partition coefficient (Wildman–Crippen LogP) is 12.9. The van der Waals surface area contributed by atoms with E-state index >= 15 is 0 Å². The van der Waals surface area contributed by atoms with Gasteiger partial charge in [-0.1, -0.05) is 200 Å². The minimum absolute atomic E-state index is 0.438. The van der Waals surface area contributed by atoms with E-state index in [1.54, 1.807) is 0 Å². The quantitative estimate of drug-likeness (QED) is 0.0899. The molecule has 0 nitrogen and oxygen atoms in total. The van der Waals surface area contributed by atoms with Gasteiger partial charge in [0.25, 0.3) is 0 Å². The van der Waals surface area contributed by atoms with Gasteiger partial charge in [-0.15, -0.1) is 0 Å². The highest BCUT2D eigenvalue weighted by molar-refractivity contribution is 7.73. The molecule has 2 atom stereocenters. The van der Waals surface area contributed by atoms with Crippen LogP contribution in [-0.2, 0) is 0 Å². The van der Waals surface area contributed by atoms with Gasteiger partial charge in [-0.05, 0) is 91.9 Å². The maximum absolute atomic E-state index is 2.53. The van der Waals surface area contributed by atoms with Gasteiger partial charge in [-0.3, -0.25) is 0 Å². The van der Waals surface area contributed by atoms with Crippen LogP contribution in [0.1, 0.15) is 24.3 Å². The van der Waals surface area contributed by atoms with Gasteiger partial charge < -0.3 is 0 Å². The molecule has 0 fully saturated rings. The summed E-state index contributed by atoms with van der Waals surface area (Å²) in [4.78, 5) is 0. The molecule has 0 saturated heterocycles. The Labute approximate surface area is 302 Å². The lowest BCUT2D eigenvalue weighted by atomic mass is 9.84. The van der Waals surface area contributed by atoms with Gasteiger partial charge in [0.1, 0.15) is 0 Å². The van der Waals surface area contributed by atoms with Crippen molar-refractivity contribution in [2.45, 2.75) is 24.4 Å². The fraction of sp³-hybridized carbons (Fsp3) is 0.0800. The zero-order chi connectivity index (χ0) is 34.0. The molecule has 0 amide bonds. The first-order valence-corrected chi connectivity index (χ1v) is 19.5. The molecular formula is C50H39P. The molecular weight excluding hydrogens is 632 g/mol. The molecule has 1 aliphatic rings. The Morgan fingerprint density at radius 1 is 0.333 bits per heavy atom. The smallest absolute Gasteiger partial charge is 0.00512 e. The van der Waals surface area contributed by atoms with Crippen molar-refractivity contribution >= 4 is 40.1 Å². The molecule has 1 aliphatic carbocycles. The lowest BCUT2D eigenvalue weighted by Crippen LogP contribution is -2.22. The van der Waals surface area contributed by atoms with Crippen molar-refractivity contribution in [3.63, 3.8) is 0 Å². The Morgan fingerprint density at radius 2 is 0.725 bits per heavy atom. The predicted molar refractivity (Wildman–Crippen MR) is 222 cm³/mol. The lowest BCUT2D eigenvalue weighted by Gasteiger charge is -2.31. The molecule has 244 valence electrons. The number of hydrogen-bond donors (Lipinski definition) is 0. The third kappa shape index (κ3) is 6.11. The van der Waals surface area contributed by atoms with E-state index in [-0.39, 0.29) is 0 Å². The van der Waals surface area contributed by atoms with E-state index in [4.69, 9.17) is 0 Å². The molecule has 51 heavy (non-hydrogen) atoms. The van der Waals surface area contributed by atoms with E-state index in [9.17, 15) is 0 Å². The van der Waals surface area contributed by atoms with Gasteiger partial charge in [-0.2, -0.15) is 0 Å². The van der Waals surface area contributed by atoms with Crippen molar-refractivity contribution in [3.05, 3.63) is 206 Å². The van der Waals surface area contributed by atoms with Gasteiger partial charge >= 0.3 is 0 Å². The standard InChI is InChI=1S/C50H39P/c1-4-14-36(15-5-1)37-24-28-40(29-25-37)49-45-20-10-12-22-47(45)50(48-23-13-11-21-46(48)49)41-30-26-38(27-31-41)39-32-34-44(35-33-39)51(42-16-6-2-7-17-42)43-18-8-3-9-19-43/h1-32,34,39,44H,33,35H2. The molecule has 0 aliphatic heterocycles. The summed E-state index contributed by atoms with van der Waals surface area (Å²) in [5.41, 5.74) is 9.56. The Kier molecular flexibility index (Phi) is 8.62. The van der Waals surface area contributed by atoms with Crippen LogP contribution >= 0.6 is 7.92 Å². The molecule has 0 saturated carbocycles. The van der Waals surface area contributed by atoms with Crippen molar-refractivity contribution in [1.82, 2.24) is 0 Å². The molecule has 8 aromatic carbocycles. The summed E-state index contributed by atoms with van der Waals surface area (Å²) in [6.07, 6.45) is 7.39. The first kappa shape index (κ1) is 31.4. The fourth-order valence-electron chi connectivity index (χ4n) is 8.11. The average molecular weight is 671 g/mol. The molecule has 2 unspecified atom stereocenters. The van der Waals surface area contributed by atoms with Gasteiger partial charge in [0.15, 0.2) is 0 Å². The Bertz CT molecular complexity index is 2350. The number of fused-ring (bicyclic) bond motifs is 2. The number of benzene rings is 8. The second-order valence-corrected chi connectivity index (χ2v) is 16.0. The summed E-state index contributed by atoms with van der Waals surface area (Å²) in [6.45, 7) is 0. The van der Waals surface area contributed by atoms with E-state index in [1.165, 1.54) is 83.9 Å². The van der Waals surface area contributed by atoms with Crippen LogP contribution in [0.2, 0.25) is 0 Å². The molecule has 0 heterocycles. The minimum Gasteiger partial charge on any atom is -0.0804 e. The first-order chi connectivity index (χ1) is 25.3. The molecule has 0 radical (unpaired) electrons. The van der Waals surface area contributed by atoms with E-state index in [0.29, 0.717) is 11.6 Å². The Balaban J connectivity index is 1.05. The summed E-state index contributed by atoms with van der Waals surface area (Å²) < 4.78 is 0. The topological polar surface area (TPSA) is 0 Å².